The number of aromatic nitrogens is 3. The third-order valence-electron chi connectivity index (χ3n) is 5.39. The number of likely N-dealkylation sites (N-methyl/N-ethyl adjacent to an activating group) is 1. The lowest BCUT2D eigenvalue weighted by Crippen LogP contribution is -2.29. The fraction of sp³-hybridized carbons (Fsp3) is 0.174. The lowest BCUT2D eigenvalue weighted by molar-refractivity contribution is 0.0695. The Kier molecular flexibility index (Phi) is 4.86. The third-order valence-corrected chi connectivity index (χ3v) is 5.71. The normalized spacial score (nSPS) is 13.0. The van der Waals surface area contributed by atoms with Gasteiger partial charge in [0.05, 0.1) is 28.2 Å². The van der Waals surface area contributed by atoms with Crippen LogP contribution in [0.5, 0.6) is 17.5 Å². The summed E-state index contributed by atoms with van der Waals surface area (Å²) < 4.78 is 11.5. The molecule has 0 saturated heterocycles. The van der Waals surface area contributed by atoms with Gasteiger partial charge in [-0.05, 0) is 42.8 Å². The largest absolute Gasteiger partial charge is 0.488 e. The summed E-state index contributed by atoms with van der Waals surface area (Å²) in [5, 5.41) is 9.85. The van der Waals surface area contributed by atoms with Crippen LogP contribution in [0.15, 0.2) is 42.6 Å². The molecule has 1 aliphatic rings. The number of anilines is 1. The summed E-state index contributed by atoms with van der Waals surface area (Å²) in [6.07, 6.45) is 1.76. The Labute approximate surface area is 188 Å². The maximum Gasteiger partial charge on any atom is 0.336 e. The zero-order chi connectivity index (χ0) is 22.4. The van der Waals surface area contributed by atoms with Crippen molar-refractivity contribution >= 4 is 34.4 Å². The second-order valence-electron chi connectivity index (χ2n) is 7.59. The molecule has 162 valence electrons. The van der Waals surface area contributed by atoms with Crippen molar-refractivity contribution in [3.05, 3.63) is 58.7 Å². The van der Waals surface area contributed by atoms with Crippen molar-refractivity contribution in [3.8, 4) is 28.6 Å². The van der Waals surface area contributed by atoms with Crippen molar-refractivity contribution in [1.29, 1.82) is 0 Å². The summed E-state index contributed by atoms with van der Waals surface area (Å²) >= 11 is 6.56. The molecule has 0 spiro atoms. The molecule has 4 aromatic rings. The van der Waals surface area contributed by atoms with E-state index in [1.165, 1.54) is 6.07 Å². The Morgan fingerprint density at radius 2 is 2.12 bits per heavy atom. The highest BCUT2D eigenvalue weighted by molar-refractivity contribution is 6.34. The number of aromatic amines is 1. The van der Waals surface area contributed by atoms with E-state index in [-0.39, 0.29) is 11.6 Å². The smallest absolute Gasteiger partial charge is 0.336 e. The van der Waals surface area contributed by atoms with Crippen LogP contribution in [-0.4, -0.2) is 46.2 Å². The van der Waals surface area contributed by atoms with Gasteiger partial charge in [0.15, 0.2) is 11.6 Å². The lowest BCUT2D eigenvalue weighted by Gasteiger charge is -2.26. The molecule has 8 nitrogen and oxygen atoms in total. The van der Waals surface area contributed by atoms with Gasteiger partial charge in [0.1, 0.15) is 12.4 Å². The number of carbonyl (C=O) groups is 1. The van der Waals surface area contributed by atoms with Crippen LogP contribution < -0.4 is 14.4 Å². The number of benzene rings is 2. The highest BCUT2D eigenvalue weighted by Gasteiger charge is 2.19. The van der Waals surface area contributed by atoms with Gasteiger partial charge in [-0.15, -0.1) is 0 Å². The molecule has 0 unspecified atom stereocenters. The summed E-state index contributed by atoms with van der Waals surface area (Å²) in [4.78, 5) is 25.5. The van der Waals surface area contributed by atoms with Crippen LogP contribution >= 0.6 is 11.6 Å². The van der Waals surface area contributed by atoms with E-state index < -0.39 is 5.97 Å². The van der Waals surface area contributed by atoms with E-state index >= 15 is 0 Å². The molecular weight excluding hydrogens is 432 g/mol. The number of carboxylic acids is 1. The maximum absolute atomic E-state index is 11.4. The summed E-state index contributed by atoms with van der Waals surface area (Å²) in [7, 11) is 1.98. The first-order valence-electron chi connectivity index (χ1n) is 9.94. The number of hydrogen-bond donors (Lipinski definition) is 2. The molecular formula is C23H19ClN4O4. The van der Waals surface area contributed by atoms with Crippen LogP contribution in [0.4, 0.5) is 5.82 Å². The van der Waals surface area contributed by atoms with Gasteiger partial charge >= 0.3 is 5.97 Å². The highest BCUT2D eigenvalue weighted by atomic mass is 35.5. The molecule has 0 aliphatic carbocycles. The molecule has 3 heterocycles. The number of aromatic carboxylic acids is 1. The second kappa shape index (κ2) is 7.72. The Hall–Kier alpha value is -3.78. The Morgan fingerprint density at radius 3 is 2.94 bits per heavy atom. The minimum absolute atomic E-state index is 0.178. The molecule has 0 amide bonds. The van der Waals surface area contributed by atoms with Crippen LogP contribution in [-0.2, 0) is 0 Å². The number of rotatable bonds is 4. The molecule has 5 rings (SSSR count). The predicted octanol–water partition coefficient (Wildman–Crippen LogP) is 4.91. The number of halogens is 1. The molecule has 0 bridgehead atoms. The summed E-state index contributed by atoms with van der Waals surface area (Å²) in [5.74, 6) is 0.875. The van der Waals surface area contributed by atoms with E-state index in [1.807, 2.05) is 24.1 Å². The van der Waals surface area contributed by atoms with Gasteiger partial charge in [0.25, 0.3) is 6.01 Å². The van der Waals surface area contributed by atoms with E-state index in [9.17, 15) is 9.90 Å². The number of imidazole rings is 1. The third kappa shape index (κ3) is 3.58. The average Bonchev–Trinajstić information content (AvgIpc) is 3.15. The zero-order valence-electron chi connectivity index (χ0n) is 17.3. The summed E-state index contributed by atoms with van der Waals surface area (Å²) in [6, 6.07) is 10.7. The Morgan fingerprint density at radius 1 is 1.28 bits per heavy atom. The topological polar surface area (TPSA) is 101 Å². The lowest BCUT2D eigenvalue weighted by atomic mass is 10.1. The number of hydrogen-bond acceptors (Lipinski definition) is 6. The van der Waals surface area contributed by atoms with E-state index in [1.54, 1.807) is 31.3 Å². The molecule has 2 aromatic carbocycles. The number of nitrogens with zero attached hydrogens (tertiary/aromatic N) is 3. The van der Waals surface area contributed by atoms with Crippen molar-refractivity contribution in [2.75, 3.05) is 25.1 Å². The first-order valence-corrected chi connectivity index (χ1v) is 10.3. The fourth-order valence-corrected chi connectivity index (χ4v) is 3.93. The van der Waals surface area contributed by atoms with Gasteiger partial charge in [-0.1, -0.05) is 17.7 Å². The zero-order valence-corrected chi connectivity index (χ0v) is 18.1. The molecule has 2 N–H and O–H groups in total. The fourth-order valence-electron chi connectivity index (χ4n) is 3.66. The SMILES string of the molecule is Cc1ccc(Oc2nc3cc(-c4cnc5c(c4)OCCN5C)c(Cl)cc3[nH]2)cc1C(=O)O. The van der Waals surface area contributed by atoms with E-state index in [4.69, 9.17) is 21.1 Å². The van der Waals surface area contributed by atoms with Crippen LogP contribution in [0.2, 0.25) is 5.02 Å². The van der Waals surface area contributed by atoms with Gasteiger partial charge in [-0.2, -0.15) is 4.98 Å². The highest BCUT2D eigenvalue weighted by Crippen LogP contribution is 2.37. The molecule has 32 heavy (non-hydrogen) atoms. The second-order valence-corrected chi connectivity index (χ2v) is 8.00. The molecule has 0 fully saturated rings. The predicted molar refractivity (Wildman–Crippen MR) is 121 cm³/mol. The van der Waals surface area contributed by atoms with Gasteiger partial charge in [0, 0.05) is 24.4 Å². The van der Waals surface area contributed by atoms with Crippen molar-refractivity contribution in [3.63, 3.8) is 0 Å². The standard InChI is InChI=1S/C23H19ClN4O4/c1-12-3-4-14(8-15(12)22(29)30)32-23-26-18-9-16(17(24)10-19(18)27-23)13-7-20-21(25-11-13)28(2)5-6-31-20/h3-4,7-11H,5-6H2,1-2H3,(H,26,27)(H,29,30). The number of ether oxygens (including phenoxy) is 2. The van der Waals surface area contributed by atoms with Crippen molar-refractivity contribution < 1.29 is 19.4 Å². The first kappa shape index (κ1) is 20.1. The van der Waals surface area contributed by atoms with Crippen molar-refractivity contribution in [1.82, 2.24) is 15.0 Å². The van der Waals surface area contributed by atoms with Crippen LogP contribution in [0.25, 0.3) is 22.2 Å². The summed E-state index contributed by atoms with van der Waals surface area (Å²) in [6.45, 7) is 3.12. The van der Waals surface area contributed by atoms with Crippen LogP contribution in [0.3, 0.4) is 0 Å². The maximum atomic E-state index is 11.4. The van der Waals surface area contributed by atoms with E-state index in [2.05, 4.69) is 15.0 Å². The molecule has 9 heteroatoms. The number of fused-ring (bicyclic) bond motifs is 2. The van der Waals surface area contributed by atoms with Crippen LogP contribution in [0, 0.1) is 6.92 Å². The Bertz CT molecular complexity index is 1370. The van der Waals surface area contributed by atoms with Gasteiger partial charge in [-0.25, -0.2) is 9.78 Å². The molecule has 2 aromatic heterocycles. The Balaban J connectivity index is 1.49. The number of carboxylic acid groups (broad SMARTS) is 1. The van der Waals surface area contributed by atoms with E-state index in [0.29, 0.717) is 39.7 Å². The first-order chi connectivity index (χ1) is 15.4. The number of aryl methyl sites for hydroxylation is 1. The van der Waals surface area contributed by atoms with Gasteiger partial charge in [0.2, 0.25) is 0 Å². The molecule has 0 radical (unpaired) electrons. The van der Waals surface area contributed by atoms with Gasteiger partial charge in [-0.3, -0.25) is 0 Å². The van der Waals surface area contributed by atoms with Crippen molar-refractivity contribution in [2.24, 2.45) is 0 Å². The van der Waals surface area contributed by atoms with Gasteiger partial charge < -0.3 is 24.5 Å². The van der Waals surface area contributed by atoms with Crippen molar-refractivity contribution in [2.45, 2.75) is 6.92 Å². The minimum atomic E-state index is -1.01. The quantitative estimate of drug-likeness (QED) is 0.455. The monoisotopic (exact) mass is 450 g/mol. The number of H-pyrrole nitrogens is 1. The molecule has 0 atom stereocenters. The van der Waals surface area contributed by atoms with Crippen LogP contribution in [0.1, 0.15) is 15.9 Å². The average molecular weight is 451 g/mol. The summed E-state index contributed by atoms with van der Waals surface area (Å²) in [5.41, 5.74) is 3.77. The minimum Gasteiger partial charge on any atom is -0.488 e. The number of nitrogens with one attached hydrogen (secondary N) is 1. The van der Waals surface area contributed by atoms with E-state index in [0.717, 1.165) is 23.5 Å². The molecule has 0 saturated carbocycles. The number of pyridine rings is 1. The molecule has 1 aliphatic heterocycles.